The van der Waals surface area contributed by atoms with Crippen LogP contribution < -0.4 is 10.5 Å². The van der Waals surface area contributed by atoms with Crippen LogP contribution in [0, 0.1) is 11.6 Å². The van der Waals surface area contributed by atoms with Crippen molar-refractivity contribution in [2.45, 2.75) is 26.0 Å². The molecule has 22 heavy (non-hydrogen) atoms. The monoisotopic (exact) mass is 302 g/mol. The summed E-state index contributed by atoms with van der Waals surface area (Å²) in [4.78, 5) is 4.56. The van der Waals surface area contributed by atoms with Crippen molar-refractivity contribution in [2.24, 2.45) is 4.99 Å². The molecule has 0 fully saturated rings. The summed E-state index contributed by atoms with van der Waals surface area (Å²) >= 11 is 0. The molecular weight excluding hydrogens is 286 g/mol. The van der Waals surface area contributed by atoms with Crippen LogP contribution in [-0.4, -0.2) is 11.4 Å². The summed E-state index contributed by atoms with van der Waals surface area (Å²) in [6.07, 6.45) is 0.605. The average Bonchev–Trinajstić information content (AvgIpc) is 2.46. The third kappa shape index (κ3) is 2.43. The molecule has 0 saturated carbocycles. The first-order valence-corrected chi connectivity index (χ1v) is 7.06. The zero-order valence-electron chi connectivity index (χ0n) is 12.4. The lowest BCUT2D eigenvalue weighted by atomic mass is 9.97. The summed E-state index contributed by atoms with van der Waals surface area (Å²) in [5, 5.41) is 0. The maximum absolute atomic E-state index is 14.2. The molecule has 1 aliphatic heterocycles. The number of rotatable bonds is 2. The van der Waals surface area contributed by atoms with E-state index in [0.717, 1.165) is 6.07 Å². The molecule has 0 aliphatic carbocycles. The zero-order chi connectivity index (χ0) is 15.9. The van der Waals surface area contributed by atoms with Crippen molar-refractivity contribution in [3.05, 3.63) is 59.2 Å². The lowest BCUT2D eigenvalue weighted by molar-refractivity contribution is 0.0903. The summed E-state index contributed by atoms with van der Waals surface area (Å²) < 4.78 is 33.2. The third-order valence-electron chi connectivity index (χ3n) is 3.78. The Labute approximate surface area is 127 Å². The number of hydrogen-bond donors (Lipinski definition) is 1. The standard InChI is InChI=1S/C17H16F2N2O/c1-3-17(2)21-16(12-6-4-10(18)8-14(12)19)13-7-5-11(20)9-15(13)22-17/h4-9H,3,20H2,1-2H3. The van der Waals surface area contributed by atoms with Crippen LogP contribution in [0.15, 0.2) is 41.4 Å². The summed E-state index contributed by atoms with van der Waals surface area (Å²) in [6, 6.07) is 8.60. The molecule has 0 spiro atoms. The molecule has 0 aromatic heterocycles. The number of anilines is 1. The molecule has 1 aliphatic rings. The lowest BCUT2D eigenvalue weighted by Crippen LogP contribution is -2.35. The van der Waals surface area contributed by atoms with E-state index >= 15 is 0 Å². The summed E-state index contributed by atoms with van der Waals surface area (Å²) in [7, 11) is 0. The Morgan fingerprint density at radius 3 is 2.55 bits per heavy atom. The molecule has 0 amide bonds. The zero-order valence-corrected chi connectivity index (χ0v) is 12.4. The highest BCUT2D eigenvalue weighted by Gasteiger charge is 2.32. The van der Waals surface area contributed by atoms with E-state index in [1.54, 1.807) is 18.2 Å². The van der Waals surface area contributed by atoms with Gasteiger partial charge in [-0.2, -0.15) is 0 Å². The Bertz CT molecular complexity index is 773. The van der Waals surface area contributed by atoms with Crippen LogP contribution in [0.25, 0.3) is 0 Å². The first-order chi connectivity index (χ1) is 10.4. The van der Waals surface area contributed by atoms with Crippen molar-refractivity contribution in [1.29, 1.82) is 0 Å². The van der Waals surface area contributed by atoms with Gasteiger partial charge in [-0.1, -0.05) is 6.92 Å². The normalized spacial score (nSPS) is 20.1. The minimum absolute atomic E-state index is 0.246. The predicted molar refractivity (Wildman–Crippen MR) is 82.2 cm³/mol. The van der Waals surface area contributed by atoms with E-state index in [4.69, 9.17) is 10.5 Å². The fourth-order valence-corrected chi connectivity index (χ4v) is 2.41. The van der Waals surface area contributed by atoms with Gasteiger partial charge in [0.05, 0.1) is 5.71 Å². The van der Waals surface area contributed by atoms with Gasteiger partial charge in [-0.25, -0.2) is 13.8 Å². The smallest absolute Gasteiger partial charge is 0.197 e. The van der Waals surface area contributed by atoms with Gasteiger partial charge in [0.25, 0.3) is 0 Å². The molecule has 0 saturated heterocycles. The quantitative estimate of drug-likeness (QED) is 0.855. The minimum atomic E-state index is -0.809. The molecule has 1 atom stereocenters. The number of fused-ring (bicyclic) bond motifs is 1. The average molecular weight is 302 g/mol. The van der Waals surface area contributed by atoms with Gasteiger partial charge < -0.3 is 10.5 Å². The summed E-state index contributed by atoms with van der Waals surface area (Å²) in [5.41, 5.74) is 6.88. The van der Waals surface area contributed by atoms with Gasteiger partial charge in [-0.3, -0.25) is 0 Å². The molecule has 0 bridgehead atoms. The molecular formula is C17H16F2N2O. The minimum Gasteiger partial charge on any atom is -0.466 e. The van der Waals surface area contributed by atoms with Crippen LogP contribution >= 0.6 is 0 Å². The molecule has 1 heterocycles. The number of nitrogens with two attached hydrogens (primary N) is 1. The van der Waals surface area contributed by atoms with Crippen LogP contribution in [0.5, 0.6) is 5.75 Å². The fraction of sp³-hybridized carbons (Fsp3) is 0.235. The van der Waals surface area contributed by atoms with Gasteiger partial charge in [0.1, 0.15) is 17.4 Å². The van der Waals surface area contributed by atoms with Crippen LogP contribution in [0.3, 0.4) is 0 Å². The van der Waals surface area contributed by atoms with Gasteiger partial charge in [0, 0.05) is 35.4 Å². The molecule has 0 radical (unpaired) electrons. The SMILES string of the molecule is CCC1(C)N=C(c2ccc(F)cc2F)c2ccc(N)cc2O1. The van der Waals surface area contributed by atoms with Crippen molar-refractivity contribution >= 4 is 11.4 Å². The largest absolute Gasteiger partial charge is 0.466 e. The molecule has 5 heteroatoms. The summed E-state index contributed by atoms with van der Waals surface area (Å²) in [5.74, 6) is -0.718. The van der Waals surface area contributed by atoms with Gasteiger partial charge in [0.2, 0.25) is 0 Å². The van der Waals surface area contributed by atoms with Crippen LogP contribution in [0.4, 0.5) is 14.5 Å². The van der Waals surface area contributed by atoms with Crippen molar-refractivity contribution < 1.29 is 13.5 Å². The number of hydrogen-bond acceptors (Lipinski definition) is 3. The topological polar surface area (TPSA) is 47.6 Å². The van der Waals surface area contributed by atoms with Gasteiger partial charge in [-0.05, 0) is 31.2 Å². The number of halogens is 2. The number of nitrogen functional groups attached to an aromatic ring is 1. The van der Waals surface area contributed by atoms with Crippen molar-refractivity contribution in [1.82, 2.24) is 0 Å². The Kier molecular flexibility index (Phi) is 3.35. The highest BCUT2D eigenvalue weighted by atomic mass is 19.1. The first kappa shape index (κ1) is 14.5. The number of nitrogens with zero attached hydrogens (tertiary/aromatic N) is 1. The van der Waals surface area contributed by atoms with E-state index in [-0.39, 0.29) is 5.56 Å². The van der Waals surface area contributed by atoms with Crippen molar-refractivity contribution in [2.75, 3.05) is 5.73 Å². The van der Waals surface area contributed by atoms with Gasteiger partial charge >= 0.3 is 0 Å². The Hall–Kier alpha value is -2.43. The molecule has 2 aromatic carbocycles. The first-order valence-electron chi connectivity index (χ1n) is 7.06. The van der Waals surface area contributed by atoms with E-state index in [2.05, 4.69) is 4.99 Å². The molecule has 2 N–H and O–H groups in total. The maximum Gasteiger partial charge on any atom is 0.197 e. The second-order valence-corrected chi connectivity index (χ2v) is 5.47. The van der Waals surface area contributed by atoms with E-state index in [1.807, 2.05) is 13.8 Å². The van der Waals surface area contributed by atoms with Gasteiger partial charge in [0.15, 0.2) is 5.72 Å². The van der Waals surface area contributed by atoms with E-state index in [0.29, 0.717) is 29.1 Å². The highest BCUT2D eigenvalue weighted by Crippen LogP contribution is 2.36. The second kappa shape index (κ2) is 5.09. The lowest BCUT2D eigenvalue weighted by Gasteiger charge is -2.32. The number of benzene rings is 2. The van der Waals surface area contributed by atoms with E-state index in [1.165, 1.54) is 12.1 Å². The molecule has 1 unspecified atom stereocenters. The van der Waals surface area contributed by atoms with Crippen LogP contribution in [0.2, 0.25) is 0 Å². The predicted octanol–water partition coefficient (Wildman–Crippen LogP) is 3.90. The fourth-order valence-electron chi connectivity index (χ4n) is 2.41. The number of aliphatic imine (C=N–C) groups is 1. The van der Waals surface area contributed by atoms with E-state index < -0.39 is 17.4 Å². The summed E-state index contributed by atoms with van der Waals surface area (Å²) in [6.45, 7) is 3.75. The highest BCUT2D eigenvalue weighted by molar-refractivity contribution is 6.15. The molecule has 3 nitrogen and oxygen atoms in total. The van der Waals surface area contributed by atoms with E-state index in [9.17, 15) is 8.78 Å². The molecule has 2 aromatic rings. The van der Waals surface area contributed by atoms with Crippen molar-refractivity contribution in [3.63, 3.8) is 0 Å². The molecule has 114 valence electrons. The third-order valence-corrected chi connectivity index (χ3v) is 3.78. The Morgan fingerprint density at radius 2 is 1.86 bits per heavy atom. The molecule has 3 rings (SSSR count). The second-order valence-electron chi connectivity index (χ2n) is 5.47. The maximum atomic E-state index is 14.2. The Morgan fingerprint density at radius 1 is 1.14 bits per heavy atom. The van der Waals surface area contributed by atoms with Gasteiger partial charge in [-0.15, -0.1) is 0 Å². The number of ether oxygens (including phenoxy) is 1. The van der Waals surface area contributed by atoms with Crippen molar-refractivity contribution in [3.8, 4) is 5.75 Å². The Balaban J connectivity index is 2.23. The van der Waals surface area contributed by atoms with Crippen LogP contribution in [-0.2, 0) is 0 Å². The van der Waals surface area contributed by atoms with Crippen LogP contribution in [0.1, 0.15) is 31.4 Å².